The highest BCUT2D eigenvalue weighted by Crippen LogP contribution is 2.18. The summed E-state index contributed by atoms with van der Waals surface area (Å²) < 4.78 is 0. The lowest BCUT2D eigenvalue weighted by molar-refractivity contribution is -0.140. The number of imide groups is 1. The number of rotatable bonds is 8. The molecule has 0 bridgehead atoms. The van der Waals surface area contributed by atoms with Crippen LogP contribution in [0, 0.1) is 11.8 Å². The summed E-state index contributed by atoms with van der Waals surface area (Å²) in [7, 11) is 0. The van der Waals surface area contributed by atoms with Gasteiger partial charge in [-0.05, 0) is 19.8 Å². The fraction of sp³-hybridized carbons (Fsp3) is 0.706. The average molecular weight is 353 g/mol. The standard InChI is InChI=1S/C17H27N3O5/c1-9(2)15(16(24)18-11(4)12(5)21)19-13(22)6-7-20-14(23)8-10(3)17(20)25/h9-11,15H,6-8H2,1-5H3,(H,18,24)(H,19,22). The number of ketones is 1. The molecule has 1 heterocycles. The van der Waals surface area contributed by atoms with E-state index in [1.165, 1.54) is 6.92 Å². The van der Waals surface area contributed by atoms with Gasteiger partial charge in [-0.3, -0.25) is 28.9 Å². The van der Waals surface area contributed by atoms with Gasteiger partial charge in [0.25, 0.3) is 0 Å². The Kier molecular flexibility index (Phi) is 7.26. The van der Waals surface area contributed by atoms with E-state index in [0.717, 1.165) is 4.90 Å². The van der Waals surface area contributed by atoms with Gasteiger partial charge in [0.05, 0.1) is 6.04 Å². The van der Waals surface area contributed by atoms with Gasteiger partial charge in [-0.2, -0.15) is 0 Å². The minimum absolute atomic E-state index is 0.00409. The van der Waals surface area contributed by atoms with Crippen LogP contribution in [0.15, 0.2) is 0 Å². The van der Waals surface area contributed by atoms with Gasteiger partial charge in [-0.1, -0.05) is 20.8 Å². The van der Waals surface area contributed by atoms with Crippen molar-refractivity contribution in [1.82, 2.24) is 15.5 Å². The maximum Gasteiger partial charge on any atom is 0.243 e. The molecule has 25 heavy (non-hydrogen) atoms. The molecule has 0 aromatic rings. The smallest absolute Gasteiger partial charge is 0.243 e. The van der Waals surface area contributed by atoms with Crippen LogP contribution in [0.5, 0.6) is 0 Å². The number of carbonyl (C=O) groups is 5. The van der Waals surface area contributed by atoms with E-state index in [-0.39, 0.29) is 48.8 Å². The topological polar surface area (TPSA) is 113 Å². The fourth-order valence-electron chi connectivity index (χ4n) is 2.48. The number of nitrogens with zero attached hydrogens (tertiary/aromatic N) is 1. The summed E-state index contributed by atoms with van der Waals surface area (Å²) in [4.78, 5) is 60.3. The van der Waals surface area contributed by atoms with Gasteiger partial charge in [-0.25, -0.2) is 0 Å². The van der Waals surface area contributed by atoms with Crippen LogP contribution in [0.3, 0.4) is 0 Å². The number of hydrogen-bond acceptors (Lipinski definition) is 5. The number of likely N-dealkylation sites (tertiary alicyclic amines) is 1. The summed E-state index contributed by atoms with van der Waals surface area (Å²) in [6, 6.07) is -1.43. The van der Waals surface area contributed by atoms with Crippen molar-refractivity contribution in [3.05, 3.63) is 0 Å². The van der Waals surface area contributed by atoms with E-state index in [1.807, 2.05) is 0 Å². The molecule has 8 heteroatoms. The maximum absolute atomic E-state index is 12.2. The molecule has 1 aliphatic rings. The normalized spacial score (nSPS) is 19.8. The Labute approximate surface area is 147 Å². The molecule has 1 fully saturated rings. The Morgan fingerprint density at radius 1 is 1.16 bits per heavy atom. The van der Waals surface area contributed by atoms with Crippen LogP contribution in [-0.4, -0.2) is 52.9 Å². The van der Waals surface area contributed by atoms with Gasteiger partial charge < -0.3 is 10.6 Å². The first-order chi connectivity index (χ1) is 11.5. The Balaban J connectivity index is 2.59. The molecular weight excluding hydrogens is 326 g/mol. The molecule has 3 unspecified atom stereocenters. The Morgan fingerprint density at radius 2 is 1.76 bits per heavy atom. The van der Waals surface area contributed by atoms with Gasteiger partial charge in [0.2, 0.25) is 23.6 Å². The van der Waals surface area contributed by atoms with Gasteiger partial charge in [-0.15, -0.1) is 0 Å². The van der Waals surface area contributed by atoms with E-state index in [9.17, 15) is 24.0 Å². The van der Waals surface area contributed by atoms with Gasteiger partial charge in [0.1, 0.15) is 6.04 Å². The molecule has 8 nitrogen and oxygen atoms in total. The van der Waals surface area contributed by atoms with E-state index in [4.69, 9.17) is 0 Å². The van der Waals surface area contributed by atoms with Crippen LogP contribution >= 0.6 is 0 Å². The summed E-state index contributed by atoms with van der Waals surface area (Å²) in [5, 5.41) is 5.18. The second-order valence-electron chi connectivity index (χ2n) is 6.87. The van der Waals surface area contributed by atoms with Crippen molar-refractivity contribution < 1.29 is 24.0 Å². The first kappa shape index (κ1) is 20.8. The van der Waals surface area contributed by atoms with Crippen LogP contribution < -0.4 is 10.6 Å². The van der Waals surface area contributed by atoms with Gasteiger partial charge >= 0.3 is 0 Å². The van der Waals surface area contributed by atoms with Crippen molar-refractivity contribution >= 4 is 29.4 Å². The van der Waals surface area contributed by atoms with E-state index < -0.39 is 23.9 Å². The Morgan fingerprint density at radius 3 is 2.20 bits per heavy atom. The van der Waals surface area contributed by atoms with E-state index in [0.29, 0.717) is 0 Å². The molecule has 1 saturated heterocycles. The van der Waals surface area contributed by atoms with Gasteiger partial charge in [0.15, 0.2) is 5.78 Å². The minimum Gasteiger partial charge on any atom is -0.345 e. The quantitative estimate of drug-likeness (QED) is 0.597. The third kappa shape index (κ3) is 5.65. The average Bonchev–Trinajstić information content (AvgIpc) is 2.75. The zero-order valence-electron chi connectivity index (χ0n) is 15.4. The zero-order valence-corrected chi connectivity index (χ0v) is 15.4. The van der Waals surface area contributed by atoms with E-state index in [2.05, 4.69) is 10.6 Å². The summed E-state index contributed by atoms with van der Waals surface area (Å²) in [6.07, 6.45) is 0.101. The molecule has 4 amide bonds. The van der Waals surface area contributed by atoms with Crippen molar-refractivity contribution in [3.63, 3.8) is 0 Å². The first-order valence-corrected chi connectivity index (χ1v) is 8.49. The lowest BCUT2D eigenvalue weighted by Crippen LogP contribution is -2.53. The van der Waals surface area contributed by atoms with Crippen molar-refractivity contribution in [2.75, 3.05) is 6.54 Å². The molecule has 0 aromatic heterocycles. The van der Waals surface area contributed by atoms with Crippen molar-refractivity contribution in [3.8, 4) is 0 Å². The molecule has 0 radical (unpaired) electrons. The van der Waals surface area contributed by atoms with Crippen molar-refractivity contribution in [2.24, 2.45) is 11.8 Å². The monoisotopic (exact) mass is 353 g/mol. The second-order valence-corrected chi connectivity index (χ2v) is 6.87. The minimum atomic E-state index is -0.793. The third-order valence-corrected chi connectivity index (χ3v) is 4.27. The molecule has 140 valence electrons. The lowest BCUT2D eigenvalue weighted by Gasteiger charge is -2.23. The SMILES string of the molecule is CC(=O)C(C)NC(=O)C(NC(=O)CCN1C(=O)CC(C)C1=O)C(C)C. The van der Waals surface area contributed by atoms with Crippen molar-refractivity contribution in [1.29, 1.82) is 0 Å². The molecule has 2 N–H and O–H groups in total. The molecule has 1 rings (SSSR count). The second kappa shape index (κ2) is 8.73. The Bertz CT molecular complexity index is 573. The molecule has 0 saturated carbocycles. The number of amides is 4. The number of nitrogens with one attached hydrogen (secondary N) is 2. The molecule has 0 aliphatic carbocycles. The molecular formula is C17H27N3O5. The predicted octanol–water partition coefficient (Wildman–Crippen LogP) is 0.00600. The number of Topliss-reactive ketones (excluding diaryl/α,β-unsaturated/α-hetero) is 1. The van der Waals surface area contributed by atoms with E-state index >= 15 is 0 Å². The molecule has 0 aromatic carbocycles. The summed E-state index contributed by atoms with van der Waals surface area (Å²) in [5.74, 6) is -2.12. The highest BCUT2D eigenvalue weighted by molar-refractivity contribution is 6.03. The summed E-state index contributed by atoms with van der Waals surface area (Å²) >= 11 is 0. The fourth-order valence-corrected chi connectivity index (χ4v) is 2.48. The Hall–Kier alpha value is -2.25. The van der Waals surface area contributed by atoms with Crippen LogP contribution in [0.1, 0.15) is 47.5 Å². The van der Waals surface area contributed by atoms with Crippen LogP contribution in [0.4, 0.5) is 0 Å². The lowest BCUT2D eigenvalue weighted by atomic mass is 10.0. The molecule has 3 atom stereocenters. The number of hydrogen-bond donors (Lipinski definition) is 2. The zero-order chi connectivity index (χ0) is 19.3. The highest BCUT2D eigenvalue weighted by atomic mass is 16.2. The largest absolute Gasteiger partial charge is 0.345 e. The number of carbonyl (C=O) groups excluding carboxylic acids is 5. The van der Waals surface area contributed by atoms with Gasteiger partial charge in [0, 0.05) is 25.3 Å². The van der Waals surface area contributed by atoms with Crippen LogP contribution in [0.2, 0.25) is 0 Å². The third-order valence-electron chi connectivity index (χ3n) is 4.27. The summed E-state index contributed by atoms with van der Waals surface area (Å²) in [5.41, 5.74) is 0. The highest BCUT2D eigenvalue weighted by Gasteiger charge is 2.35. The van der Waals surface area contributed by atoms with Crippen molar-refractivity contribution in [2.45, 2.75) is 59.5 Å². The predicted molar refractivity (Wildman–Crippen MR) is 90.2 cm³/mol. The van der Waals surface area contributed by atoms with E-state index in [1.54, 1.807) is 27.7 Å². The van der Waals surface area contributed by atoms with Crippen LogP contribution in [-0.2, 0) is 24.0 Å². The molecule has 1 aliphatic heterocycles. The first-order valence-electron chi connectivity index (χ1n) is 8.49. The summed E-state index contributed by atoms with van der Waals surface area (Å²) in [6.45, 7) is 8.18. The maximum atomic E-state index is 12.2. The van der Waals surface area contributed by atoms with Crippen LogP contribution in [0.25, 0.3) is 0 Å². The molecule has 0 spiro atoms.